The molecule has 0 saturated heterocycles. The predicted molar refractivity (Wildman–Crippen MR) is 63.9 cm³/mol. The average molecular weight is 236 g/mol. The van der Waals surface area contributed by atoms with Gasteiger partial charge in [0.15, 0.2) is 11.5 Å². The maximum atomic E-state index is 5.68. The first-order valence-electron chi connectivity index (χ1n) is 4.74. The van der Waals surface area contributed by atoms with E-state index in [2.05, 4.69) is 4.98 Å². The lowest BCUT2D eigenvalue weighted by Crippen LogP contribution is -1.98. The molecule has 0 amide bonds. The third kappa shape index (κ3) is 2.43. The second-order valence-electron chi connectivity index (χ2n) is 3.12. The molecular weight excluding hydrogens is 224 g/mol. The van der Waals surface area contributed by atoms with Crippen molar-refractivity contribution in [1.29, 1.82) is 0 Å². The fourth-order valence-corrected chi connectivity index (χ4v) is 1.80. The summed E-state index contributed by atoms with van der Waals surface area (Å²) < 4.78 is 10.8. The number of ether oxygens (including phenoxy) is 2. The number of nitrogen functional groups attached to an aromatic ring is 1. The number of thiazole rings is 1. The molecule has 0 aliphatic carbocycles. The number of nitrogens with two attached hydrogens (primary N) is 1. The quantitative estimate of drug-likeness (QED) is 0.828. The van der Waals surface area contributed by atoms with Crippen LogP contribution in [0, 0.1) is 0 Å². The second kappa shape index (κ2) is 4.85. The van der Waals surface area contributed by atoms with Gasteiger partial charge in [0.05, 0.1) is 7.11 Å². The van der Waals surface area contributed by atoms with Gasteiger partial charge in [-0.1, -0.05) is 0 Å². The number of methoxy groups -OCH3 is 1. The lowest BCUT2D eigenvalue weighted by Gasteiger charge is -2.09. The Labute approximate surface area is 97.6 Å². The van der Waals surface area contributed by atoms with Crippen LogP contribution in [0.25, 0.3) is 0 Å². The maximum absolute atomic E-state index is 5.68. The zero-order valence-corrected chi connectivity index (χ0v) is 9.66. The van der Waals surface area contributed by atoms with Crippen molar-refractivity contribution in [3.8, 4) is 11.5 Å². The highest BCUT2D eigenvalue weighted by molar-refractivity contribution is 7.09. The van der Waals surface area contributed by atoms with E-state index in [4.69, 9.17) is 15.2 Å². The van der Waals surface area contributed by atoms with Gasteiger partial charge in [-0.05, 0) is 12.1 Å². The van der Waals surface area contributed by atoms with E-state index < -0.39 is 0 Å². The third-order valence-electron chi connectivity index (χ3n) is 2.02. The summed E-state index contributed by atoms with van der Waals surface area (Å²) in [6.07, 6.45) is 1.75. The molecule has 0 atom stereocenters. The van der Waals surface area contributed by atoms with E-state index in [1.807, 2.05) is 5.38 Å². The van der Waals surface area contributed by atoms with Gasteiger partial charge in [-0.15, -0.1) is 11.3 Å². The predicted octanol–water partition coefficient (Wildman–Crippen LogP) is 2.31. The number of hydrogen-bond donors (Lipinski definition) is 1. The second-order valence-corrected chi connectivity index (χ2v) is 4.10. The number of hydrogen-bond acceptors (Lipinski definition) is 5. The van der Waals surface area contributed by atoms with Gasteiger partial charge >= 0.3 is 0 Å². The van der Waals surface area contributed by atoms with Gasteiger partial charge in [0.25, 0.3) is 0 Å². The van der Waals surface area contributed by atoms with Crippen LogP contribution in [-0.2, 0) is 6.61 Å². The standard InChI is InChI=1S/C11H12N2O2S/c1-14-9-3-2-8(12)6-10(9)15-7-11-13-4-5-16-11/h2-6H,7,12H2,1H3. The molecule has 5 heteroatoms. The molecule has 0 unspecified atom stereocenters. The van der Waals surface area contributed by atoms with Crippen molar-refractivity contribution >= 4 is 17.0 Å². The van der Waals surface area contributed by atoms with Crippen LogP contribution in [-0.4, -0.2) is 12.1 Å². The summed E-state index contributed by atoms with van der Waals surface area (Å²) in [7, 11) is 1.60. The van der Waals surface area contributed by atoms with Gasteiger partial charge in [0.2, 0.25) is 0 Å². The molecule has 0 fully saturated rings. The smallest absolute Gasteiger partial charge is 0.163 e. The molecule has 16 heavy (non-hydrogen) atoms. The first-order chi connectivity index (χ1) is 7.79. The molecule has 0 bridgehead atoms. The number of anilines is 1. The Morgan fingerprint density at radius 2 is 2.25 bits per heavy atom. The van der Waals surface area contributed by atoms with Gasteiger partial charge in [-0.2, -0.15) is 0 Å². The number of nitrogens with zero attached hydrogens (tertiary/aromatic N) is 1. The summed E-state index contributed by atoms with van der Waals surface area (Å²) in [6.45, 7) is 0.428. The highest BCUT2D eigenvalue weighted by Crippen LogP contribution is 2.29. The fourth-order valence-electron chi connectivity index (χ4n) is 1.27. The summed E-state index contributed by atoms with van der Waals surface area (Å²) in [5.41, 5.74) is 6.33. The molecule has 0 spiro atoms. The van der Waals surface area contributed by atoms with Crippen molar-refractivity contribution in [1.82, 2.24) is 4.98 Å². The van der Waals surface area contributed by atoms with E-state index >= 15 is 0 Å². The highest BCUT2D eigenvalue weighted by Gasteiger charge is 2.05. The van der Waals surface area contributed by atoms with E-state index in [0.29, 0.717) is 23.8 Å². The van der Waals surface area contributed by atoms with Crippen LogP contribution in [0.2, 0.25) is 0 Å². The normalized spacial score (nSPS) is 10.1. The Kier molecular flexibility index (Phi) is 3.26. The molecule has 1 aromatic heterocycles. The van der Waals surface area contributed by atoms with Crippen LogP contribution < -0.4 is 15.2 Å². The first kappa shape index (κ1) is 10.8. The number of benzene rings is 1. The lowest BCUT2D eigenvalue weighted by atomic mass is 10.3. The van der Waals surface area contributed by atoms with E-state index in [1.165, 1.54) is 0 Å². The molecule has 0 saturated carbocycles. The van der Waals surface area contributed by atoms with Gasteiger partial charge in [-0.25, -0.2) is 4.98 Å². The van der Waals surface area contributed by atoms with E-state index in [0.717, 1.165) is 5.01 Å². The molecule has 0 aliphatic heterocycles. The zero-order chi connectivity index (χ0) is 11.4. The molecule has 1 heterocycles. The SMILES string of the molecule is COc1ccc(N)cc1OCc1nccs1. The van der Waals surface area contributed by atoms with Crippen molar-refractivity contribution < 1.29 is 9.47 Å². The van der Waals surface area contributed by atoms with Crippen molar-refractivity contribution in [3.63, 3.8) is 0 Å². The lowest BCUT2D eigenvalue weighted by molar-refractivity contribution is 0.284. The van der Waals surface area contributed by atoms with Crippen LogP contribution in [0.5, 0.6) is 11.5 Å². The molecule has 2 N–H and O–H groups in total. The molecule has 0 aliphatic rings. The Bertz CT molecular complexity index is 457. The monoisotopic (exact) mass is 236 g/mol. The Morgan fingerprint density at radius 1 is 1.38 bits per heavy atom. The van der Waals surface area contributed by atoms with Crippen LogP contribution in [0.3, 0.4) is 0 Å². The van der Waals surface area contributed by atoms with Crippen LogP contribution >= 0.6 is 11.3 Å². The van der Waals surface area contributed by atoms with E-state index in [9.17, 15) is 0 Å². The topological polar surface area (TPSA) is 57.4 Å². The van der Waals surface area contributed by atoms with E-state index in [1.54, 1.807) is 42.8 Å². The van der Waals surface area contributed by atoms with Crippen molar-refractivity contribution in [2.75, 3.05) is 12.8 Å². The summed E-state index contributed by atoms with van der Waals surface area (Å²) in [6, 6.07) is 5.30. The summed E-state index contributed by atoms with van der Waals surface area (Å²) in [4.78, 5) is 4.13. The van der Waals surface area contributed by atoms with Gasteiger partial charge < -0.3 is 15.2 Å². The van der Waals surface area contributed by atoms with Crippen molar-refractivity contribution in [3.05, 3.63) is 34.8 Å². The highest BCUT2D eigenvalue weighted by atomic mass is 32.1. The molecule has 2 rings (SSSR count). The minimum absolute atomic E-state index is 0.428. The van der Waals surface area contributed by atoms with Crippen molar-refractivity contribution in [2.45, 2.75) is 6.61 Å². The first-order valence-corrected chi connectivity index (χ1v) is 5.62. The maximum Gasteiger partial charge on any atom is 0.163 e. The molecule has 0 radical (unpaired) electrons. The Balaban J connectivity index is 2.11. The largest absolute Gasteiger partial charge is 0.493 e. The van der Waals surface area contributed by atoms with Crippen LogP contribution in [0.1, 0.15) is 5.01 Å². The van der Waals surface area contributed by atoms with E-state index in [-0.39, 0.29) is 0 Å². The zero-order valence-electron chi connectivity index (χ0n) is 8.84. The minimum atomic E-state index is 0.428. The van der Waals surface area contributed by atoms with Gasteiger partial charge in [0, 0.05) is 23.3 Å². The molecule has 4 nitrogen and oxygen atoms in total. The van der Waals surface area contributed by atoms with Crippen LogP contribution in [0.15, 0.2) is 29.8 Å². The molecule has 84 valence electrons. The van der Waals surface area contributed by atoms with Gasteiger partial charge in [-0.3, -0.25) is 0 Å². The fraction of sp³-hybridized carbons (Fsp3) is 0.182. The molecule has 2 aromatic rings. The van der Waals surface area contributed by atoms with Crippen molar-refractivity contribution in [2.24, 2.45) is 0 Å². The summed E-state index contributed by atoms with van der Waals surface area (Å²) in [5.74, 6) is 1.31. The third-order valence-corrected chi connectivity index (χ3v) is 2.78. The summed E-state index contributed by atoms with van der Waals surface area (Å²) in [5, 5.41) is 2.83. The minimum Gasteiger partial charge on any atom is -0.493 e. The van der Waals surface area contributed by atoms with Gasteiger partial charge in [0.1, 0.15) is 11.6 Å². The van der Waals surface area contributed by atoms with Crippen LogP contribution in [0.4, 0.5) is 5.69 Å². The summed E-state index contributed by atoms with van der Waals surface area (Å²) >= 11 is 1.55. The molecule has 1 aromatic carbocycles. The molecular formula is C11H12N2O2S. The number of aromatic nitrogens is 1. The average Bonchev–Trinajstić information content (AvgIpc) is 2.79. The Morgan fingerprint density at radius 3 is 2.94 bits per heavy atom. The Hall–Kier alpha value is -1.75. The number of rotatable bonds is 4.